The van der Waals surface area contributed by atoms with Crippen LogP contribution in [0.15, 0.2) is 23.6 Å². The van der Waals surface area contributed by atoms with Crippen molar-refractivity contribution in [3.8, 4) is 0 Å². The number of nitrogens with zero attached hydrogens (tertiary/aromatic N) is 5. The van der Waals surface area contributed by atoms with Gasteiger partial charge in [-0.05, 0) is 37.7 Å². The average molecular weight is 431 g/mol. The largest absolute Gasteiger partial charge is 0.468 e. The van der Waals surface area contributed by atoms with Crippen molar-refractivity contribution >= 4 is 40.9 Å². The molecule has 2 amide bonds. The Balaban J connectivity index is 1.21. The van der Waals surface area contributed by atoms with Crippen LogP contribution in [0, 0.1) is 11.8 Å². The number of urea groups is 1. The number of ether oxygens (including phenoxy) is 1. The van der Waals surface area contributed by atoms with Crippen molar-refractivity contribution in [3.63, 3.8) is 0 Å². The van der Waals surface area contributed by atoms with Gasteiger partial charge in [0.15, 0.2) is 0 Å². The summed E-state index contributed by atoms with van der Waals surface area (Å²) in [6, 6.07) is 2.79. The highest BCUT2D eigenvalue weighted by atomic mass is 32.2. The van der Waals surface area contributed by atoms with Gasteiger partial charge in [0.25, 0.3) is 6.02 Å². The van der Waals surface area contributed by atoms with Gasteiger partial charge in [-0.2, -0.15) is 4.99 Å². The van der Waals surface area contributed by atoms with Crippen molar-refractivity contribution in [2.45, 2.75) is 30.8 Å². The maximum atomic E-state index is 12.8. The monoisotopic (exact) mass is 430 g/mol. The summed E-state index contributed by atoms with van der Waals surface area (Å²) in [5, 5.41) is 4.06. The van der Waals surface area contributed by atoms with Crippen LogP contribution in [0.5, 0.6) is 0 Å². The fourth-order valence-corrected chi connectivity index (χ4v) is 5.55. The van der Waals surface area contributed by atoms with E-state index in [0.29, 0.717) is 23.9 Å². The predicted molar refractivity (Wildman–Crippen MR) is 116 cm³/mol. The third-order valence-corrected chi connectivity index (χ3v) is 7.28. The molecule has 1 saturated heterocycles. The molecular weight excluding hydrogens is 404 g/mol. The van der Waals surface area contributed by atoms with Gasteiger partial charge in [-0.1, -0.05) is 0 Å². The molecule has 1 aliphatic carbocycles. The highest BCUT2D eigenvalue weighted by Gasteiger charge is 2.45. The molecule has 4 atom stereocenters. The van der Waals surface area contributed by atoms with Gasteiger partial charge in [0.2, 0.25) is 4.99 Å². The third kappa shape index (κ3) is 3.30. The lowest BCUT2D eigenvalue weighted by Crippen LogP contribution is -2.48. The number of hydrogen-bond donors (Lipinski definition) is 3. The van der Waals surface area contributed by atoms with Crippen molar-refractivity contribution in [1.29, 1.82) is 0 Å². The smallest absolute Gasteiger partial charge is 0.319 e. The molecule has 2 fully saturated rings. The Hall–Kier alpha value is -2.69. The molecule has 0 spiro atoms. The first-order valence-corrected chi connectivity index (χ1v) is 10.9. The van der Waals surface area contributed by atoms with E-state index in [1.54, 1.807) is 13.4 Å². The Morgan fingerprint density at radius 1 is 1.37 bits per heavy atom. The highest BCUT2D eigenvalue weighted by molar-refractivity contribution is 7.99. The molecule has 3 N–H and O–H groups in total. The number of rotatable bonds is 3. The van der Waals surface area contributed by atoms with E-state index in [2.05, 4.69) is 41.9 Å². The zero-order valence-corrected chi connectivity index (χ0v) is 18.1. The molecule has 10 nitrogen and oxygen atoms in total. The van der Waals surface area contributed by atoms with Crippen LogP contribution in [0.4, 0.5) is 10.6 Å². The number of methoxy groups -OCH3 is 1. The first-order valence-electron chi connectivity index (χ1n) is 10.1. The van der Waals surface area contributed by atoms with Gasteiger partial charge in [-0.25, -0.2) is 14.8 Å². The van der Waals surface area contributed by atoms with Crippen LogP contribution in [0.2, 0.25) is 0 Å². The number of likely N-dealkylation sites (tertiary alicyclic amines) is 1. The second kappa shape index (κ2) is 7.22. The maximum Gasteiger partial charge on any atom is 0.319 e. The Labute approximate surface area is 179 Å². The standard InChI is InChI=1S/C19H26N8O2S/c1-19(23-17(29-3)25-30-19)24-18(28)27-8-11-6-13(7-12(11)9-27)26(2)16-14-4-5-20-15(14)21-10-22-16/h4-5,10-13H,6-9H2,1-3H3,(H,23,25)(H,24,28)(H,20,21,22)/t11-,12?,13?,19?/m1/s1. The summed E-state index contributed by atoms with van der Waals surface area (Å²) in [7, 11) is 3.67. The highest BCUT2D eigenvalue weighted by Crippen LogP contribution is 2.41. The van der Waals surface area contributed by atoms with Crippen LogP contribution >= 0.6 is 11.9 Å². The number of aliphatic imine (C=N–C) groups is 1. The number of anilines is 1. The first kappa shape index (κ1) is 19.3. The number of amidine groups is 1. The average Bonchev–Trinajstić information content (AvgIpc) is 3.49. The number of aromatic nitrogens is 3. The lowest BCUT2D eigenvalue weighted by molar-refractivity contribution is 0.199. The van der Waals surface area contributed by atoms with Gasteiger partial charge < -0.3 is 24.8 Å². The third-order valence-electron chi connectivity index (χ3n) is 6.41. The summed E-state index contributed by atoms with van der Waals surface area (Å²) >= 11 is 1.33. The minimum absolute atomic E-state index is 0.0722. The Morgan fingerprint density at radius 3 is 2.83 bits per heavy atom. The van der Waals surface area contributed by atoms with Crippen LogP contribution in [-0.4, -0.2) is 70.2 Å². The molecule has 2 aromatic heterocycles. The molecule has 1 saturated carbocycles. The van der Waals surface area contributed by atoms with Crippen LogP contribution < -0.4 is 14.9 Å². The molecule has 160 valence electrons. The topological polar surface area (TPSA) is 111 Å². The normalized spacial score (nSPS) is 30.2. The van der Waals surface area contributed by atoms with Crippen LogP contribution in [-0.2, 0) is 4.74 Å². The van der Waals surface area contributed by atoms with Crippen LogP contribution in [0.3, 0.4) is 0 Å². The van der Waals surface area contributed by atoms with Gasteiger partial charge in [-0.15, -0.1) is 0 Å². The zero-order chi connectivity index (χ0) is 20.9. The summed E-state index contributed by atoms with van der Waals surface area (Å²) in [6.45, 7) is 3.42. The number of carbonyl (C=O) groups is 1. The number of fused-ring (bicyclic) bond motifs is 2. The van der Waals surface area contributed by atoms with E-state index in [-0.39, 0.29) is 6.03 Å². The van der Waals surface area contributed by atoms with Gasteiger partial charge in [0.1, 0.15) is 17.8 Å². The minimum Gasteiger partial charge on any atom is -0.468 e. The van der Waals surface area contributed by atoms with E-state index >= 15 is 0 Å². The summed E-state index contributed by atoms with van der Waals surface area (Å²) < 4.78 is 8.07. The van der Waals surface area contributed by atoms with Crippen molar-refractivity contribution in [1.82, 2.24) is 29.9 Å². The summed E-state index contributed by atoms with van der Waals surface area (Å²) in [6.07, 6.45) is 5.62. The lowest BCUT2D eigenvalue weighted by atomic mass is 10.0. The summed E-state index contributed by atoms with van der Waals surface area (Å²) in [4.78, 5) is 32.6. The molecule has 0 aromatic carbocycles. The Kier molecular flexibility index (Phi) is 4.64. The van der Waals surface area contributed by atoms with Gasteiger partial charge in [0.05, 0.1) is 12.5 Å². The molecule has 5 rings (SSSR count). The molecule has 30 heavy (non-hydrogen) atoms. The van der Waals surface area contributed by atoms with E-state index < -0.39 is 4.99 Å². The van der Waals surface area contributed by atoms with Crippen molar-refractivity contribution in [3.05, 3.63) is 18.6 Å². The molecule has 0 radical (unpaired) electrons. The molecule has 0 bridgehead atoms. The molecule has 2 aliphatic heterocycles. The first-order chi connectivity index (χ1) is 14.5. The minimum atomic E-state index is -0.752. The van der Waals surface area contributed by atoms with E-state index in [1.165, 1.54) is 11.9 Å². The molecule has 11 heteroatoms. The van der Waals surface area contributed by atoms with Gasteiger partial charge in [0, 0.05) is 44.3 Å². The van der Waals surface area contributed by atoms with Crippen molar-refractivity contribution < 1.29 is 9.53 Å². The molecule has 4 heterocycles. The number of carbonyl (C=O) groups excluding carboxylic acids is 1. The zero-order valence-electron chi connectivity index (χ0n) is 17.3. The quantitative estimate of drug-likeness (QED) is 0.636. The SMILES string of the molecule is COC1=NC(C)(NC(=O)N2CC3CC(N(C)c4ncnc5[nH]ccc45)C[C@@H]3C2)SN1. The molecule has 2 aromatic rings. The Bertz CT molecular complexity index is 982. The van der Waals surface area contributed by atoms with E-state index in [4.69, 9.17) is 4.74 Å². The fraction of sp³-hybridized carbons (Fsp3) is 0.579. The predicted octanol–water partition coefficient (Wildman–Crippen LogP) is 1.74. The summed E-state index contributed by atoms with van der Waals surface area (Å²) in [5.74, 6) is 1.98. The van der Waals surface area contributed by atoms with E-state index in [0.717, 1.165) is 42.8 Å². The fourth-order valence-electron chi connectivity index (χ4n) is 4.86. The Morgan fingerprint density at radius 2 is 2.13 bits per heavy atom. The number of hydrogen-bond acceptors (Lipinski definition) is 8. The van der Waals surface area contributed by atoms with Crippen molar-refractivity contribution in [2.75, 3.05) is 32.1 Å². The van der Waals surface area contributed by atoms with Crippen LogP contribution in [0.1, 0.15) is 19.8 Å². The van der Waals surface area contributed by atoms with Gasteiger partial charge in [-0.3, -0.25) is 4.72 Å². The molecule has 3 unspecified atom stereocenters. The maximum absolute atomic E-state index is 12.8. The second-order valence-electron chi connectivity index (χ2n) is 8.34. The van der Waals surface area contributed by atoms with E-state index in [1.807, 2.05) is 24.1 Å². The second-order valence-corrected chi connectivity index (χ2v) is 9.54. The number of amides is 2. The van der Waals surface area contributed by atoms with Crippen molar-refractivity contribution in [2.24, 2.45) is 16.8 Å². The number of nitrogens with one attached hydrogen (secondary N) is 3. The van der Waals surface area contributed by atoms with E-state index in [9.17, 15) is 4.79 Å². The summed E-state index contributed by atoms with van der Waals surface area (Å²) in [5.41, 5.74) is 0.861. The lowest BCUT2D eigenvalue weighted by Gasteiger charge is -2.29. The van der Waals surface area contributed by atoms with Crippen LogP contribution in [0.25, 0.3) is 11.0 Å². The molecular formula is C19H26N8O2S. The van der Waals surface area contributed by atoms with Gasteiger partial charge >= 0.3 is 6.03 Å². The molecule has 3 aliphatic rings. The number of H-pyrrole nitrogens is 1. The number of aromatic amines is 1.